The number of hydrogen-bond donors (Lipinski definition) is 1. The van der Waals surface area contributed by atoms with Crippen LogP contribution in [-0.2, 0) is 0 Å². The maximum absolute atomic E-state index is 12.0. The van der Waals surface area contributed by atoms with Gasteiger partial charge in [-0.05, 0) is 49.9 Å². The maximum atomic E-state index is 12.0. The van der Waals surface area contributed by atoms with Gasteiger partial charge in [0.2, 0.25) is 0 Å². The molecule has 2 rings (SSSR count). The first-order chi connectivity index (χ1) is 8.16. The van der Waals surface area contributed by atoms with E-state index in [-0.39, 0.29) is 6.03 Å². The summed E-state index contributed by atoms with van der Waals surface area (Å²) in [5, 5.41) is 2.95. The summed E-state index contributed by atoms with van der Waals surface area (Å²) >= 11 is 3.45. The van der Waals surface area contributed by atoms with Gasteiger partial charge in [0.1, 0.15) is 0 Å². The smallest absolute Gasteiger partial charge is 0.321 e. The summed E-state index contributed by atoms with van der Waals surface area (Å²) < 4.78 is 1.06. The molecule has 0 atom stereocenters. The van der Waals surface area contributed by atoms with Gasteiger partial charge in [-0.1, -0.05) is 15.9 Å². The van der Waals surface area contributed by atoms with Crippen molar-refractivity contribution in [2.45, 2.75) is 26.2 Å². The van der Waals surface area contributed by atoms with Crippen molar-refractivity contribution in [3.05, 3.63) is 28.2 Å². The first kappa shape index (κ1) is 12.4. The van der Waals surface area contributed by atoms with E-state index in [1.54, 1.807) is 0 Å². The summed E-state index contributed by atoms with van der Waals surface area (Å²) in [5.74, 6) is 0. The van der Waals surface area contributed by atoms with E-state index in [1.807, 2.05) is 30.0 Å². The molecule has 92 valence electrons. The fourth-order valence-corrected chi connectivity index (χ4v) is 2.27. The van der Waals surface area contributed by atoms with Crippen LogP contribution in [0.4, 0.5) is 10.5 Å². The van der Waals surface area contributed by atoms with Crippen molar-refractivity contribution in [1.29, 1.82) is 0 Å². The predicted molar refractivity (Wildman–Crippen MR) is 73.3 cm³/mol. The van der Waals surface area contributed by atoms with Gasteiger partial charge in [0.15, 0.2) is 0 Å². The van der Waals surface area contributed by atoms with Gasteiger partial charge in [-0.2, -0.15) is 0 Å². The third-order valence-corrected chi connectivity index (χ3v) is 3.94. The van der Waals surface area contributed by atoms with E-state index in [4.69, 9.17) is 0 Å². The molecule has 1 heterocycles. The van der Waals surface area contributed by atoms with E-state index < -0.39 is 0 Å². The van der Waals surface area contributed by atoms with Gasteiger partial charge in [0.05, 0.1) is 0 Å². The van der Waals surface area contributed by atoms with Gasteiger partial charge in [0.25, 0.3) is 0 Å². The predicted octanol–water partition coefficient (Wildman–Crippen LogP) is 3.78. The van der Waals surface area contributed by atoms with Gasteiger partial charge in [-0.25, -0.2) is 4.79 Å². The number of rotatable bonds is 1. The molecular weight excluding hydrogens is 280 g/mol. The molecule has 3 nitrogen and oxygen atoms in total. The zero-order valence-electron chi connectivity index (χ0n) is 10.0. The minimum absolute atomic E-state index is 0.0198. The molecule has 0 aliphatic carbocycles. The van der Waals surface area contributed by atoms with Crippen LogP contribution in [0.15, 0.2) is 22.7 Å². The standard InChI is InChI=1S/C13H17BrN2O/c1-10-9-11(5-6-12(10)14)15-13(17)16-7-3-2-4-8-16/h5-6,9H,2-4,7-8H2,1H3,(H,15,17). The van der Waals surface area contributed by atoms with Crippen LogP contribution in [0, 0.1) is 6.92 Å². The van der Waals surface area contributed by atoms with E-state index in [2.05, 4.69) is 21.2 Å². The largest absolute Gasteiger partial charge is 0.325 e. The molecule has 1 aliphatic rings. The van der Waals surface area contributed by atoms with Crippen LogP contribution in [0.1, 0.15) is 24.8 Å². The molecule has 1 aromatic rings. The molecule has 1 N–H and O–H groups in total. The highest BCUT2D eigenvalue weighted by atomic mass is 79.9. The molecule has 0 radical (unpaired) electrons. The van der Waals surface area contributed by atoms with Crippen LogP contribution >= 0.6 is 15.9 Å². The fraction of sp³-hybridized carbons (Fsp3) is 0.462. The Bertz CT molecular complexity index is 414. The zero-order chi connectivity index (χ0) is 12.3. The molecule has 1 aliphatic heterocycles. The number of hydrogen-bond acceptors (Lipinski definition) is 1. The first-order valence-electron chi connectivity index (χ1n) is 5.99. The summed E-state index contributed by atoms with van der Waals surface area (Å²) in [6, 6.07) is 5.87. The Balaban J connectivity index is 1.99. The number of nitrogens with one attached hydrogen (secondary N) is 1. The normalized spacial score (nSPS) is 15.8. The number of anilines is 1. The van der Waals surface area contributed by atoms with Crippen LogP contribution in [0.2, 0.25) is 0 Å². The van der Waals surface area contributed by atoms with Crippen molar-refractivity contribution >= 4 is 27.6 Å². The van der Waals surface area contributed by atoms with E-state index in [0.29, 0.717) is 0 Å². The molecule has 1 saturated heterocycles. The average Bonchev–Trinajstić information content (AvgIpc) is 2.35. The van der Waals surface area contributed by atoms with Crippen LogP contribution in [0.3, 0.4) is 0 Å². The Morgan fingerprint density at radius 3 is 2.65 bits per heavy atom. The molecule has 1 aromatic carbocycles. The number of piperidine rings is 1. The Morgan fingerprint density at radius 2 is 2.00 bits per heavy atom. The SMILES string of the molecule is Cc1cc(NC(=O)N2CCCCC2)ccc1Br. The van der Waals surface area contributed by atoms with Gasteiger partial charge >= 0.3 is 6.03 Å². The number of carbonyl (C=O) groups excluding carboxylic acids is 1. The molecule has 0 bridgehead atoms. The van der Waals surface area contributed by atoms with Crippen LogP contribution in [-0.4, -0.2) is 24.0 Å². The summed E-state index contributed by atoms with van der Waals surface area (Å²) in [6.07, 6.45) is 3.47. The molecule has 17 heavy (non-hydrogen) atoms. The second-order valence-electron chi connectivity index (χ2n) is 4.44. The molecule has 1 fully saturated rings. The average molecular weight is 297 g/mol. The first-order valence-corrected chi connectivity index (χ1v) is 6.78. The number of benzene rings is 1. The molecule has 0 saturated carbocycles. The number of halogens is 1. The highest BCUT2D eigenvalue weighted by Crippen LogP contribution is 2.20. The van der Waals surface area contributed by atoms with Crippen LogP contribution in [0.25, 0.3) is 0 Å². The number of nitrogens with zero attached hydrogens (tertiary/aromatic N) is 1. The summed E-state index contributed by atoms with van der Waals surface area (Å²) in [6.45, 7) is 3.77. The van der Waals surface area contributed by atoms with Crippen molar-refractivity contribution in [1.82, 2.24) is 4.90 Å². The highest BCUT2D eigenvalue weighted by molar-refractivity contribution is 9.10. The maximum Gasteiger partial charge on any atom is 0.321 e. The number of aryl methyl sites for hydroxylation is 1. The molecule has 0 aromatic heterocycles. The topological polar surface area (TPSA) is 32.3 Å². The van der Waals surface area contributed by atoms with Crippen molar-refractivity contribution in [2.24, 2.45) is 0 Å². The number of amides is 2. The highest BCUT2D eigenvalue weighted by Gasteiger charge is 2.16. The van der Waals surface area contributed by atoms with E-state index in [1.165, 1.54) is 6.42 Å². The lowest BCUT2D eigenvalue weighted by molar-refractivity contribution is 0.200. The van der Waals surface area contributed by atoms with E-state index in [0.717, 1.165) is 41.7 Å². The lowest BCUT2D eigenvalue weighted by atomic mass is 10.1. The van der Waals surface area contributed by atoms with E-state index >= 15 is 0 Å². The van der Waals surface area contributed by atoms with Gasteiger partial charge in [-0.15, -0.1) is 0 Å². The molecular formula is C13H17BrN2O. The van der Waals surface area contributed by atoms with Gasteiger partial charge in [0, 0.05) is 23.2 Å². The second kappa shape index (κ2) is 5.54. The Labute approximate surface area is 110 Å². The van der Waals surface area contributed by atoms with Crippen molar-refractivity contribution in [2.75, 3.05) is 18.4 Å². The van der Waals surface area contributed by atoms with Gasteiger partial charge < -0.3 is 10.2 Å². The summed E-state index contributed by atoms with van der Waals surface area (Å²) in [5.41, 5.74) is 1.99. The lowest BCUT2D eigenvalue weighted by Gasteiger charge is -2.26. The Kier molecular flexibility index (Phi) is 4.05. The second-order valence-corrected chi connectivity index (χ2v) is 5.30. The number of urea groups is 1. The summed E-state index contributed by atoms with van der Waals surface area (Å²) in [4.78, 5) is 13.9. The minimum Gasteiger partial charge on any atom is -0.325 e. The Morgan fingerprint density at radius 1 is 1.29 bits per heavy atom. The van der Waals surface area contributed by atoms with Crippen molar-refractivity contribution in [3.63, 3.8) is 0 Å². The third-order valence-electron chi connectivity index (χ3n) is 3.05. The molecule has 0 spiro atoms. The molecule has 0 unspecified atom stereocenters. The monoisotopic (exact) mass is 296 g/mol. The zero-order valence-corrected chi connectivity index (χ0v) is 11.6. The fourth-order valence-electron chi connectivity index (χ4n) is 2.02. The van der Waals surface area contributed by atoms with Gasteiger partial charge in [-0.3, -0.25) is 0 Å². The van der Waals surface area contributed by atoms with Crippen molar-refractivity contribution in [3.8, 4) is 0 Å². The minimum atomic E-state index is 0.0198. The number of likely N-dealkylation sites (tertiary alicyclic amines) is 1. The third kappa shape index (κ3) is 3.22. The Hall–Kier alpha value is -1.03. The summed E-state index contributed by atoms with van der Waals surface area (Å²) in [7, 11) is 0. The molecule has 4 heteroatoms. The van der Waals surface area contributed by atoms with Crippen molar-refractivity contribution < 1.29 is 4.79 Å². The number of carbonyl (C=O) groups is 1. The quantitative estimate of drug-likeness (QED) is 0.840. The van der Waals surface area contributed by atoms with Crippen LogP contribution in [0.5, 0.6) is 0 Å². The van der Waals surface area contributed by atoms with Crippen LogP contribution < -0.4 is 5.32 Å². The lowest BCUT2D eigenvalue weighted by Crippen LogP contribution is -2.38. The van der Waals surface area contributed by atoms with E-state index in [9.17, 15) is 4.79 Å². The molecule has 2 amide bonds.